The van der Waals surface area contributed by atoms with Crippen molar-refractivity contribution in [2.45, 2.75) is 31.5 Å². The summed E-state index contributed by atoms with van der Waals surface area (Å²) < 4.78 is 11.1. The molecule has 25 heavy (non-hydrogen) atoms. The molecule has 1 aliphatic heterocycles. The first-order valence-electron chi connectivity index (χ1n) is 8.71. The molecule has 2 aromatic carbocycles. The van der Waals surface area contributed by atoms with Crippen LogP contribution in [0.3, 0.4) is 0 Å². The second-order valence-electron chi connectivity index (χ2n) is 6.20. The third-order valence-electron chi connectivity index (χ3n) is 4.60. The Bertz CT molecular complexity index is 666. The predicted octanol–water partition coefficient (Wildman–Crippen LogP) is 3.93. The molecule has 2 N–H and O–H groups in total. The van der Waals surface area contributed by atoms with Gasteiger partial charge in [-0.15, -0.1) is 0 Å². The van der Waals surface area contributed by atoms with Crippen molar-refractivity contribution in [1.29, 1.82) is 0 Å². The van der Waals surface area contributed by atoms with E-state index in [0.717, 1.165) is 36.6 Å². The van der Waals surface area contributed by atoms with Crippen molar-refractivity contribution >= 4 is 12.0 Å². The van der Waals surface area contributed by atoms with Crippen molar-refractivity contribution in [1.82, 2.24) is 10.6 Å². The average Bonchev–Trinajstić information content (AvgIpc) is 2.68. The number of hydrogen-bond donors (Lipinski definition) is 2. The van der Waals surface area contributed by atoms with E-state index in [-0.39, 0.29) is 0 Å². The zero-order chi connectivity index (χ0) is 17.5. The van der Waals surface area contributed by atoms with Gasteiger partial charge in [-0.25, -0.2) is 0 Å². The third kappa shape index (κ3) is 4.69. The average molecular weight is 359 g/mol. The van der Waals surface area contributed by atoms with Crippen LogP contribution < -0.4 is 19.6 Å². The lowest BCUT2D eigenvalue weighted by molar-refractivity contribution is 0.302. The monoisotopic (exact) mass is 358 g/mol. The van der Waals surface area contributed by atoms with Crippen LogP contribution in [-0.2, 0) is 6.54 Å². The van der Waals surface area contributed by atoms with Gasteiger partial charge < -0.3 is 19.6 Å². The van der Waals surface area contributed by atoms with Crippen molar-refractivity contribution in [3.05, 3.63) is 59.7 Å². The quantitative estimate of drug-likeness (QED) is 0.734. The van der Waals surface area contributed by atoms with Gasteiger partial charge in [-0.05, 0) is 43.1 Å². The maximum atomic E-state index is 5.55. The van der Waals surface area contributed by atoms with Crippen molar-refractivity contribution in [2.75, 3.05) is 19.9 Å². The Labute approximate surface area is 154 Å². The van der Waals surface area contributed by atoms with Crippen LogP contribution in [0, 0.1) is 0 Å². The molecule has 0 radical (unpaired) electrons. The molecule has 2 atom stereocenters. The van der Waals surface area contributed by atoms with Crippen LogP contribution in [-0.4, -0.2) is 26.0 Å². The minimum absolute atomic E-state index is 0.339. The zero-order valence-corrected chi connectivity index (χ0v) is 15.6. The van der Waals surface area contributed by atoms with Gasteiger partial charge in [0.15, 0.2) is 0 Å². The summed E-state index contributed by atoms with van der Waals surface area (Å²) in [7, 11) is 1.71. The highest BCUT2D eigenvalue weighted by molar-refractivity contribution is 7.94. The van der Waals surface area contributed by atoms with Crippen molar-refractivity contribution in [3.8, 4) is 11.5 Å². The lowest BCUT2D eigenvalue weighted by Crippen LogP contribution is -2.45. The maximum absolute atomic E-state index is 5.55. The zero-order valence-electron chi connectivity index (χ0n) is 14.8. The fourth-order valence-electron chi connectivity index (χ4n) is 3.40. The van der Waals surface area contributed by atoms with E-state index < -0.39 is 0 Å². The number of benzene rings is 2. The molecule has 1 heterocycles. The van der Waals surface area contributed by atoms with Gasteiger partial charge in [-0.1, -0.05) is 30.3 Å². The van der Waals surface area contributed by atoms with E-state index in [1.54, 1.807) is 7.11 Å². The fraction of sp³-hybridized carbons (Fsp3) is 0.400. The first-order valence-corrected chi connectivity index (χ1v) is 9.86. The molecular formula is C20H26N2O2S. The van der Waals surface area contributed by atoms with Gasteiger partial charge in [0, 0.05) is 30.4 Å². The van der Waals surface area contributed by atoms with Crippen LogP contribution >= 0.6 is 12.0 Å². The molecule has 0 bridgehead atoms. The van der Waals surface area contributed by atoms with Gasteiger partial charge in [-0.3, -0.25) is 0 Å². The molecule has 0 unspecified atom stereocenters. The van der Waals surface area contributed by atoms with E-state index in [4.69, 9.17) is 8.92 Å². The van der Waals surface area contributed by atoms with Crippen LogP contribution in [0.1, 0.15) is 30.0 Å². The Morgan fingerprint density at radius 2 is 2.04 bits per heavy atom. The van der Waals surface area contributed by atoms with Crippen LogP contribution in [0.25, 0.3) is 0 Å². The van der Waals surface area contributed by atoms with Gasteiger partial charge in [0.1, 0.15) is 11.5 Å². The van der Waals surface area contributed by atoms with E-state index in [9.17, 15) is 0 Å². The molecule has 0 amide bonds. The van der Waals surface area contributed by atoms with E-state index in [2.05, 4.69) is 47.0 Å². The lowest BCUT2D eigenvalue weighted by atomic mass is 9.92. The second-order valence-corrected chi connectivity index (χ2v) is 6.70. The number of piperidine rings is 1. The van der Waals surface area contributed by atoms with Crippen molar-refractivity contribution in [2.24, 2.45) is 0 Å². The third-order valence-corrected chi connectivity index (χ3v) is 4.96. The lowest BCUT2D eigenvalue weighted by Gasteiger charge is -2.34. The molecule has 1 aliphatic rings. The minimum atomic E-state index is 0.339. The normalized spacial score (nSPS) is 20.2. The van der Waals surface area contributed by atoms with E-state index >= 15 is 0 Å². The van der Waals surface area contributed by atoms with Crippen molar-refractivity contribution < 1.29 is 8.92 Å². The molecule has 0 aliphatic carbocycles. The number of nitrogens with one attached hydrogen (secondary N) is 2. The molecule has 1 fully saturated rings. The van der Waals surface area contributed by atoms with Crippen LogP contribution in [0.4, 0.5) is 0 Å². The number of methoxy groups -OCH3 is 1. The summed E-state index contributed by atoms with van der Waals surface area (Å²) in [5.74, 6) is 1.74. The molecule has 0 aromatic heterocycles. The standard InChI is InChI=1S/C20H26N2O2S/c1-23-19-11-10-17(24-25-2)13-16(19)14-22-18-9-6-12-21-20(18)15-7-4-3-5-8-15/h3-5,7-8,10-11,13,18,20-22H,6,9,12,14H2,1-2H3/t18-,20-/m0/s1. The molecule has 3 rings (SSSR count). The highest BCUT2D eigenvalue weighted by Gasteiger charge is 2.25. The van der Waals surface area contributed by atoms with E-state index in [0.29, 0.717) is 12.1 Å². The van der Waals surface area contributed by atoms with Crippen LogP contribution in [0.2, 0.25) is 0 Å². The van der Waals surface area contributed by atoms with Crippen LogP contribution in [0.5, 0.6) is 11.5 Å². The number of ether oxygens (including phenoxy) is 1. The van der Waals surface area contributed by atoms with E-state index in [1.807, 2.05) is 18.4 Å². The molecule has 0 spiro atoms. The van der Waals surface area contributed by atoms with Gasteiger partial charge in [0.05, 0.1) is 19.2 Å². The second kappa shape index (κ2) is 9.13. The highest BCUT2D eigenvalue weighted by Crippen LogP contribution is 2.28. The minimum Gasteiger partial charge on any atom is -0.496 e. The van der Waals surface area contributed by atoms with Gasteiger partial charge >= 0.3 is 0 Å². The Hall–Kier alpha value is -1.69. The summed E-state index contributed by atoms with van der Waals surface area (Å²) in [6, 6.07) is 17.4. The maximum Gasteiger partial charge on any atom is 0.137 e. The van der Waals surface area contributed by atoms with Gasteiger partial charge in [-0.2, -0.15) is 0 Å². The van der Waals surface area contributed by atoms with Gasteiger partial charge in [0.25, 0.3) is 0 Å². The number of hydrogen-bond acceptors (Lipinski definition) is 5. The summed E-state index contributed by atoms with van der Waals surface area (Å²) in [5.41, 5.74) is 2.46. The fourth-order valence-corrected chi connectivity index (χ4v) is 3.70. The molecular weight excluding hydrogens is 332 g/mol. The van der Waals surface area contributed by atoms with Gasteiger partial charge in [0.2, 0.25) is 0 Å². The Morgan fingerprint density at radius 1 is 1.20 bits per heavy atom. The number of rotatable bonds is 7. The Balaban J connectivity index is 1.71. The largest absolute Gasteiger partial charge is 0.496 e. The first-order chi connectivity index (χ1) is 12.3. The highest BCUT2D eigenvalue weighted by atomic mass is 32.2. The molecule has 0 saturated carbocycles. The summed E-state index contributed by atoms with van der Waals surface area (Å²) in [4.78, 5) is 0. The summed E-state index contributed by atoms with van der Waals surface area (Å²) in [5, 5.41) is 7.39. The summed E-state index contributed by atoms with van der Waals surface area (Å²) >= 11 is 1.35. The SMILES string of the molecule is COc1ccc(OSC)cc1CN[C@H]1CCCN[C@H]1c1ccccc1. The topological polar surface area (TPSA) is 42.5 Å². The van der Waals surface area contributed by atoms with E-state index in [1.165, 1.54) is 24.0 Å². The molecule has 5 heteroatoms. The molecule has 1 saturated heterocycles. The molecule has 2 aromatic rings. The summed E-state index contributed by atoms with van der Waals surface area (Å²) in [6.45, 7) is 1.82. The van der Waals surface area contributed by atoms with Crippen molar-refractivity contribution in [3.63, 3.8) is 0 Å². The molecule has 134 valence electrons. The van der Waals surface area contributed by atoms with Crippen LogP contribution in [0.15, 0.2) is 48.5 Å². The summed E-state index contributed by atoms with van der Waals surface area (Å²) in [6.07, 6.45) is 4.27. The smallest absolute Gasteiger partial charge is 0.137 e. The Kier molecular flexibility index (Phi) is 6.62. The predicted molar refractivity (Wildman–Crippen MR) is 104 cm³/mol. The first kappa shape index (κ1) is 18.1. The Morgan fingerprint density at radius 3 is 2.80 bits per heavy atom. The molecule has 4 nitrogen and oxygen atoms in total.